The average molecular weight is 445 g/mol. The van der Waals surface area contributed by atoms with Crippen molar-refractivity contribution in [1.29, 1.82) is 0 Å². The number of nitrogens with one attached hydrogen (secondary N) is 1. The molecule has 1 aliphatic rings. The first kappa shape index (κ1) is 21.6. The normalized spacial score (nSPS) is 18.9. The smallest absolute Gasteiger partial charge is 0.307 e. The van der Waals surface area contributed by atoms with Crippen molar-refractivity contribution in [3.05, 3.63) is 50.3 Å². The van der Waals surface area contributed by atoms with E-state index in [1.807, 2.05) is 31.2 Å². The van der Waals surface area contributed by atoms with E-state index < -0.39 is 0 Å². The molecule has 0 bridgehead atoms. The van der Waals surface area contributed by atoms with Crippen LogP contribution >= 0.6 is 11.3 Å². The number of hydrogen-bond donors (Lipinski definition) is 2. The van der Waals surface area contributed by atoms with Gasteiger partial charge in [0, 0.05) is 5.56 Å². The molecule has 2 N–H and O–H groups in total. The largest absolute Gasteiger partial charge is 0.497 e. The maximum atomic E-state index is 11.3. The van der Waals surface area contributed by atoms with Gasteiger partial charge in [-0.25, -0.2) is 4.98 Å². The molecule has 31 heavy (non-hydrogen) atoms. The van der Waals surface area contributed by atoms with E-state index in [9.17, 15) is 9.90 Å². The number of aromatic nitrogens is 2. The Labute approximate surface area is 185 Å². The lowest BCUT2D eigenvalue weighted by atomic mass is 9.84. The first-order chi connectivity index (χ1) is 15.0. The van der Waals surface area contributed by atoms with Crippen molar-refractivity contribution in [2.45, 2.75) is 58.2 Å². The molecule has 4 rings (SSSR count). The number of aryl methyl sites for hydroxylation is 2. The topological polar surface area (TPSA) is 97.6 Å². The molecule has 1 saturated carbocycles. The third kappa shape index (κ3) is 5.37. The predicted octanol–water partition coefficient (Wildman–Crippen LogP) is 4.82. The second kappa shape index (κ2) is 9.70. The highest BCUT2D eigenvalue weighted by atomic mass is 32.1. The fourth-order valence-corrected chi connectivity index (χ4v) is 4.89. The van der Waals surface area contributed by atoms with Gasteiger partial charge in [0.05, 0.1) is 24.7 Å². The monoisotopic (exact) mass is 444 g/mol. The molecular formula is C23H28N2O5S. The van der Waals surface area contributed by atoms with Crippen molar-refractivity contribution in [3.63, 3.8) is 0 Å². The molecule has 2 heterocycles. The molecule has 8 heteroatoms. The quantitative estimate of drug-likeness (QED) is 0.517. The van der Waals surface area contributed by atoms with E-state index in [-0.39, 0.29) is 16.9 Å². The molecule has 7 nitrogen and oxygen atoms in total. The van der Waals surface area contributed by atoms with Gasteiger partial charge in [0.2, 0.25) is 11.8 Å². The van der Waals surface area contributed by atoms with Crippen LogP contribution in [0.3, 0.4) is 0 Å². The molecule has 0 radical (unpaired) electrons. The van der Waals surface area contributed by atoms with Gasteiger partial charge in [0.25, 0.3) is 0 Å². The molecule has 0 saturated heterocycles. The van der Waals surface area contributed by atoms with E-state index in [0.29, 0.717) is 18.4 Å². The summed E-state index contributed by atoms with van der Waals surface area (Å²) in [6, 6.07) is 7.65. The molecule has 2 atom stereocenters. The summed E-state index contributed by atoms with van der Waals surface area (Å²) < 4.78 is 17.3. The summed E-state index contributed by atoms with van der Waals surface area (Å²) in [7, 11) is 1.64. The lowest BCUT2D eigenvalue weighted by Gasteiger charge is -2.29. The molecule has 1 aliphatic carbocycles. The molecule has 1 aromatic carbocycles. The van der Waals surface area contributed by atoms with Crippen molar-refractivity contribution < 1.29 is 19.0 Å². The number of ether oxygens (including phenoxy) is 2. The second-order valence-corrected chi connectivity index (χ2v) is 9.11. The van der Waals surface area contributed by atoms with Crippen molar-refractivity contribution in [1.82, 2.24) is 9.97 Å². The zero-order valence-electron chi connectivity index (χ0n) is 17.8. The predicted molar refractivity (Wildman–Crippen MR) is 119 cm³/mol. The van der Waals surface area contributed by atoms with Crippen LogP contribution in [0.15, 0.2) is 33.5 Å². The van der Waals surface area contributed by atoms with Gasteiger partial charge in [-0.2, -0.15) is 0 Å². The Bertz CT molecular complexity index is 1070. The summed E-state index contributed by atoms with van der Waals surface area (Å²) >= 11 is 1.10. The summed E-state index contributed by atoms with van der Waals surface area (Å²) in [5.74, 6) is 2.65. The highest BCUT2D eigenvalue weighted by Crippen LogP contribution is 2.32. The van der Waals surface area contributed by atoms with Crippen LogP contribution in [0.2, 0.25) is 0 Å². The number of thiazole rings is 1. The van der Waals surface area contributed by atoms with Gasteiger partial charge < -0.3 is 19.0 Å². The van der Waals surface area contributed by atoms with Gasteiger partial charge in [-0.1, -0.05) is 30.2 Å². The van der Waals surface area contributed by atoms with Gasteiger partial charge >= 0.3 is 4.87 Å². The van der Waals surface area contributed by atoms with E-state index in [0.717, 1.165) is 77.5 Å². The van der Waals surface area contributed by atoms with Gasteiger partial charge in [-0.3, -0.25) is 9.78 Å². The standard InChI is InChI=1S/C23H28N2O5S/c1-14-19(24-22(30-14)16-6-4-7-17(12-16)28-2)13-29-18-8-3-5-15(11-18)9-10-20-21(26)25-23(27)31-20/h4,6-7,12,15,18,26H,3,5,8-11,13H2,1-2H3,(H,25,27)/t15-,18-/m0/s1. The molecule has 0 spiro atoms. The fourth-order valence-electron chi connectivity index (χ4n) is 4.15. The van der Waals surface area contributed by atoms with E-state index in [1.54, 1.807) is 7.11 Å². The highest BCUT2D eigenvalue weighted by Gasteiger charge is 2.24. The molecular weight excluding hydrogens is 416 g/mol. The van der Waals surface area contributed by atoms with Crippen LogP contribution in [0, 0.1) is 12.8 Å². The summed E-state index contributed by atoms with van der Waals surface area (Å²) in [6.45, 7) is 2.34. The number of aromatic hydroxyl groups is 1. The number of nitrogens with zero attached hydrogens (tertiary/aromatic N) is 1. The number of aromatic amines is 1. The summed E-state index contributed by atoms with van der Waals surface area (Å²) in [4.78, 5) is 19.0. The van der Waals surface area contributed by atoms with E-state index in [1.165, 1.54) is 0 Å². The minimum absolute atomic E-state index is 0.0203. The van der Waals surface area contributed by atoms with Gasteiger partial charge in [-0.05, 0) is 56.7 Å². The van der Waals surface area contributed by atoms with Gasteiger partial charge in [-0.15, -0.1) is 0 Å². The first-order valence-electron chi connectivity index (χ1n) is 10.6. The summed E-state index contributed by atoms with van der Waals surface area (Å²) in [6.07, 6.45) is 6.16. The Morgan fingerprint density at radius 2 is 2.23 bits per heavy atom. The summed E-state index contributed by atoms with van der Waals surface area (Å²) in [5.41, 5.74) is 1.70. The number of methoxy groups -OCH3 is 1. The zero-order valence-corrected chi connectivity index (χ0v) is 18.7. The van der Waals surface area contributed by atoms with Crippen LogP contribution < -0.4 is 9.61 Å². The van der Waals surface area contributed by atoms with Crippen LogP contribution in [0.5, 0.6) is 11.6 Å². The van der Waals surface area contributed by atoms with Crippen LogP contribution in [0.1, 0.15) is 48.4 Å². The number of rotatable bonds is 8. The maximum Gasteiger partial charge on any atom is 0.307 e. The minimum Gasteiger partial charge on any atom is -0.497 e. The zero-order chi connectivity index (χ0) is 21.8. The Morgan fingerprint density at radius 1 is 1.35 bits per heavy atom. The van der Waals surface area contributed by atoms with Crippen LogP contribution in [-0.4, -0.2) is 28.3 Å². The lowest BCUT2D eigenvalue weighted by molar-refractivity contribution is -0.000494. The van der Waals surface area contributed by atoms with E-state index >= 15 is 0 Å². The summed E-state index contributed by atoms with van der Waals surface area (Å²) in [5, 5.41) is 9.77. The van der Waals surface area contributed by atoms with Crippen LogP contribution in [0.25, 0.3) is 11.5 Å². The molecule has 0 amide bonds. The molecule has 0 aliphatic heterocycles. The van der Waals surface area contributed by atoms with Crippen LogP contribution in [-0.2, 0) is 17.8 Å². The lowest BCUT2D eigenvalue weighted by Crippen LogP contribution is -2.23. The second-order valence-electron chi connectivity index (χ2n) is 8.04. The van der Waals surface area contributed by atoms with Crippen molar-refractivity contribution in [2.24, 2.45) is 5.92 Å². The Hall–Kier alpha value is -2.58. The Balaban J connectivity index is 1.32. The minimum atomic E-state index is -0.200. The maximum absolute atomic E-state index is 11.3. The van der Waals surface area contributed by atoms with Crippen molar-refractivity contribution >= 4 is 11.3 Å². The molecule has 1 fully saturated rings. The number of benzene rings is 1. The SMILES string of the molecule is COc1cccc(-c2nc(CO[C@H]3CCC[C@@H](CCc4sc(=O)[nH]c4O)C3)c(C)o2)c1. The molecule has 2 aromatic heterocycles. The van der Waals surface area contributed by atoms with Crippen molar-refractivity contribution in [3.8, 4) is 23.1 Å². The number of oxazole rings is 1. The molecule has 3 aromatic rings. The third-order valence-electron chi connectivity index (χ3n) is 5.88. The number of H-pyrrole nitrogens is 1. The van der Waals surface area contributed by atoms with E-state index in [2.05, 4.69) is 9.97 Å². The van der Waals surface area contributed by atoms with Crippen LogP contribution in [0.4, 0.5) is 0 Å². The molecule has 166 valence electrons. The van der Waals surface area contributed by atoms with Gasteiger partial charge in [0.1, 0.15) is 17.2 Å². The highest BCUT2D eigenvalue weighted by molar-refractivity contribution is 7.09. The van der Waals surface area contributed by atoms with Gasteiger partial charge in [0.15, 0.2) is 0 Å². The first-order valence-corrected chi connectivity index (χ1v) is 11.5. The number of hydrogen-bond acceptors (Lipinski definition) is 7. The fraction of sp³-hybridized carbons (Fsp3) is 0.478. The van der Waals surface area contributed by atoms with E-state index in [4.69, 9.17) is 13.9 Å². The Kier molecular flexibility index (Phi) is 6.77. The molecule has 0 unspecified atom stereocenters. The third-order valence-corrected chi connectivity index (χ3v) is 6.81. The van der Waals surface area contributed by atoms with Crippen molar-refractivity contribution in [2.75, 3.05) is 7.11 Å². The average Bonchev–Trinajstić information content (AvgIpc) is 3.31. The Morgan fingerprint density at radius 3 is 3.00 bits per heavy atom.